The van der Waals surface area contributed by atoms with E-state index in [4.69, 9.17) is 16.3 Å². The molecule has 0 spiro atoms. The molecular formula is C19H24ClNO2. The second kappa shape index (κ2) is 7.82. The van der Waals surface area contributed by atoms with Crippen LogP contribution in [0.25, 0.3) is 0 Å². The second-order valence-corrected chi connectivity index (χ2v) is 6.86. The predicted molar refractivity (Wildman–Crippen MR) is 95.0 cm³/mol. The van der Waals surface area contributed by atoms with E-state index in [0.29, 0.717) is 18.2 Å². The van der Waals surface area contributed by atoms with Crippen molar-refractivity contribution in [3.63, 3.8) is 0 Å². The van der Waals surface area contributed by atoms with E-state index in [9.17, 15) is 5.11 Å². The largest absolute Gasteiger partial charge is 0.489 e. The van der Waals surface area contributed by atoms with Gasteiger partial charge in [-0.2, -0.15) is 0 Å². The Morgan fingerprint density at radius 1 is 1.13 bits per heavy atom. The van der Waals surface area contributed by atoms with E-state index in [1.807, 2.05) is 32.0 Å². The number of aliphatic hydroxyl groups excluding tert-OH is 1. The molecule has 2 aromatic rings. The Morgan fingerprint density at radius 2 is 1.83 bits per heavy atom. The Kier molecular flexibility index (Phi) is 6.05. The van der Waals surface area contributed by atoms with Crippen LogP contribution in [0.5, 0.6) is 5.75 Å². The van der Waals surface area contributed by atoms with Gasteiger partial charge in [0.2, 0.25) is 0 Å². The molecule has 0 aliphatic rings. The van der Waals surface area contributed by atoms with Gasteiger partial charge in [0.25, 0.3) is 0 Å². The number of rotatable bonds is 7. The summed E-state index contributed by atoms with van der Waals surface area (Å²) in [6, 6.07) is 13.9. The number of halogens is 1. The molecule has 0 amide bonds. The third-order valence-corrected chi connectivity index (χ3v) is 3.93. The lowest BCUT2D eigenvalue weighted by molar-refractivity contribution is 0.186. The molecule has 0 heterocycles. The van der Waals surface area contributed by atoms with Crippen molar-refractivity contribution in [2.75, 3.05) is 6.61 Å². The quantitative estimate of drug-likeness (QED) is 0.802. The van der Waals surface area contributed by atoms with Crippen molar-refractivity contribution in [2.45, 2.75) is 39.5 Å². The fraction of sp³-hybridized carbons (Fsp3) is 0.368. The predicted octanol–water partition coefficient (Wildman–Crippen LogP) is 4.09. The van der Waals surface area contributed by atoms with Crippen LogP contribution in [-0.4, -0.2) is 17.3 Å². The molecule has 2 aromatic carbocycles. The number of aliphatic hydroxyl groups is 1. The average molecular weight is 334 g/mol. The van der Waals surface area contributed by atoms with Gasteiger partial charge in [0.1, 0.15) is 12.4 Å². The minimum atomic E-state index is -0.351. The fourth-order valence-electron chi connectivity index (χ4n) is 2.06. The van der Waals surface area contributed by atoms with Gasteiger partial charge in [-0.15, -0.1) is 0 Å². The van der Waals surface area contributed by atoms with Gasteiger partial charge < -0.3 is 15.2 Å². The molecular weight excluding hydrogens is 310 g/mol. The highest BCUT2D eigenvalue weighted by Crippen LogP contribution is 2.24. The third-order valence-electron chi connectivity index (χ3n) is 3.69. The maximum atomic E-state index is 9.35. The molecule has 0 aliphatic heterocycles. The molecule has 124 valence electrons. The molecule has 3 nitrogen and oxygen atoms in total. The minimum absolute atomic E-state index is 0.0626. The molecule has 2 N–H and O–H groups in total. The Hall–Kier alpha value is -1.55. The first-order chi connectivity index (χ1) is 10.9. The van der Waals surface area contributed by atoms with Crippen molar-refractivity contribution in [2.24, 2.45) is 0 Å². The molecule has 0 radical (unpaired) electrons. The third kappa shape index (κ3) is 5.54. The van der Waals surface area contributed by atoms with Crippen molar-refractivity contribution in [1.29, 1.82) is 0 Å². The first kappa shape index (κ1) is 17.8. The van der Waals surface area contributed by atoms with Crippen LogP contribution in [0, 0.1) is 6.92 Å². The van der Waals surface area contributed by atoms with E-state index in [1.165, 1.54) is 5.56 Å². The Labute approximate surface area is 143 Å². The molecule has 0 fully saturated rings. The van der Waals surface area contributed by atoms with Gasteiger partial charge in [0.05, 0.1) is 6.61 Å². The average Bonchev–Trinajstić information content (AvgIpc) is 2.53. The van der Waals surface area contributed by atoms with Gasteiger partial charge in [-0.25, -0.2) is 0 Å². The summed E-state index contributed by atoms with van der Waals surface area (Å²) in [6.07, 6.45) is 0. The molecule has 0 unspecified atom stereocenters. The Bertz CT molecular complexity index is 638. The van der Waals surface area contributed by atoms with Crippen LogP contribution in [0.2, 0.25) is 5.02 Å². The van der Waals surface area contributed by atoms with Gasteiger partial charge in [-0.1, -0.05) is 41.4 Å². The van der Waals surface area contributed by atoms with Gasteiger partial charge in [0, 0.05) is 22.7 Å². The summed E-state index contributed by atoms with van der Waals surface area (Å²) in [5, 5.41) is 13.3. The number of aryl methyl sites for hydroxylation is 1. The monoisotopic (exact) mass is 333 g/mol. The minimum Gasteiger partial charge on any atom is -0.489 e. The van der Waals surface area contributed by atoms with Crippen molar-refractivity contribution >= 4 is 11.6 Å². The van der Waals surface area contributed by atoms with Gasteiger partial charge in [-0.05, 0) is 44.5 Å². The smallest absolute Gasteiger partial charge is 0.124 e. The standard InChI is InChI=1S/C19H24ClNO2/c1-14-4-6-15(7-5-14)12-23-18-9-8-17(20)10-16(18)11-21-19(2,3)13-22/h4-10,21-22H,11-13H2,1-3H3. The van der Waals surface area contributed by atoms with Crippen LogP contribution >= 0.6 is 11.6 Å². The second-order valence-electron chi connectivity index (χ2n) is 6.42. The first-order valence-corrected chi connectivity index (χ1v) is 8.10. The fourth-order valence-corrected chi connectivity index (χ4v) is 2.26. The van der Waals surface area contributed by atoms with Crippen LogP contribution in [-0.2, 0) is 13.2 Å². The van der Waals surface area contributed by atoms with Crippen LogP contribution in [0.1, 0.15) is 30.5 Å². The maximum Gasteiger partial charge on any atom is 0.124 e. The SMILES string of the molecule is Cc1ccc(COc2ccc(Cl)cc2CNC(C)(C)CO)cc1. The number of ether oxygens (including phenoxy) is 1. The van der Waals surface area contributed by atoms with Crippen LogP contribution < -0.4 is 10.1 Å². The van der Waals surface area contributed by atoms with Crippen LogP contribution in [0.15, 0.2) is 42.5 Å². The lowest BCUT2D eigenvalue weighted by atomic mass is 10.1. The molecule has 0 atom stereocenters. The summed E-state index contributed by atoms with van der Waals surface area (Å²) in [4.78, 5) is 0. The zero-order valence-corrected chi connectivity index (χ0v) is 14.7. The van der Waals surface area contributed by atoms with Crippen molar-refractivity contribution in [1.82, 2.24) is 5.32 Å². The van der Waals surface area contributed by atoms with E-state index >= 15 is 0 Å². The van der Waals surface area contributed by atoms with E-state index in [0.717, 1.165) is 16.9 Å². The summed E-state index contributed by atoms with van der Waals surface area (Å²) in [7, 11) is 0. The summed E-state index contributed by atoms with van der Waals surface area (Å²) < 4.78 is 5.96. The Balaban J connectivity index is 2.07. The highest BCUT2D eigenvalue weighted by molar-refractivity contribution is 6.30. The zero-order valence-electron chi connectivity index (χ0n) is 13.9. The highest BCUT2D eigenvalue weighted by atomic mass is 35.5. The highest BCUT2D eigenvalue weighted by Gasteiger charge is 2.16. The van der Waals surface area contributed by atoms with E-state index in [2.05, 4.69) is 36.5 Å². The van der Waals surface area contributed by atoms with Crippen LogP contribution in [0.3, 0.4) is 0 Å². The lowest BCUT2D eigenvalue weighted by Crippen LogP contribution is -2.42. The molecule has 23 heavy (non-hydrogen) atoms. The molecule has 4 heteroatoms. The normalized spacial score (nSPS) is 11.5. The number of hydrogen-bond donors (Lipinski definition) is 2. The topological polar surface area (TPSA) is 41.5 Å². The summed E-state index contributed by atoms with van der Waals surface area (Å²) in [5.74, 6) is 0.802. The van der Waals surface area contributed by atoms with Gasteiger partial charge in [-0.3, -0.25) is 0 Å². The zero-order chi connectivity index (χ0) is 16.9. The molecule has 0 aliphatic carbocycles. The summed E-state index contributed by atoms with van der Waals surface area (Å²) >= 11 is 6.10. The lowest BCUT2D eigenvalue weighted by Gasteiger charge is -2.24. The van der Waals surface area contributed by atoms with Crippen molar-refractivity contribution < 1.29 is 9.84 Å². The van der Waals surface area contributed by atoms with E-state index in [-0.39, 0.29) is 12.1 Å². The Morgan fingerprint density at radius 3 is 2.48 bits per heavy atom. The number of hydrogen-bond acceptors (Lipinski definition) is 3. The van der Waals surface area contributed by atoms with Crippen molar-refractivity contribution in [3.8, 4) is 5.75 Å². The molecule has 0 aromatic heterocycles. The molecule has 0 bridgehead atoms. The van der Waals surface area contributed by atoms with Gasteiger partial charge >= 0.3 is 0 Å². The summed E-state index contributed by atoms with van der Waals surface area (Å²) in [5.41, 5.74) is 2.99. The van der Waals surface area contributed by atoms with Crippen molar-refractivity contribution in [3.05, 3.63) is 64.2 Å². The number of nitrogens with one attached hydrogen (secondary N) is 1. The molecule has 0 saturated carbocycles. The molecule has 2 rings (SSSR count). The van der Waals surface area contributed by atoms with E-state index in [1.54, 1.807) is 0 Å². The first-order valence-electron chi connectivity index (χ1n) is 7.72. The van der Waals surface area contributed by atoms with Gasteiger partial charge in [0.15, 0.2) is 0 Å². The molecule has 0 saturated heterocycles. The summed E-state index contributed by atoms with van der Waals surface area (Å²) in [6.45, 7) is 7.12. The van der Waals surface area contributed by atoms with Crippen LogP contribution in [0.4, 0.5) is 0 Å². The maximum absolute atomic E-state index is 9.35. The van der Waals surface area contributed by atoms with E-state index < -0.39 is 0 Å². The number of benzene rings is 2.